The standard InChI is InChI=1S/C13H28N2O/c1-11(2)15-8-5-4-7-14-10-13-6-9-16-12(13)3/h11-15H,4-10H2,1-3H3. The largest absolute Gasteiger partial charge is 0.378 e. The fourth-order valence-electron chi connectivity index (χ4n) is 2.10. The van der Waals surface area contributed by atoms with E-state index in [0.717, 1.165) is 32.2 Å². The lowest BCUT2D eigenvalue weighted by Gasteiger charge is -2.14. The molecule has 1 heterocycles. The Hall–Kier alpha value is -0.120. The number of hydrogen-bond donors (Lipinski definition) is 2. The van der Waals surface area contributed by atoms with Crippen LogP contribution in [0.25, 0.3) is 0 Å². The van der Waals surface area contributed by atoms with E-state index in [1.807, 2.05) is 0 Å². The van der Waals surface area contributed by atoms with Crippen LogP contribution < -0.4 is 10.6 Å². The van der Waals surface area contributed by atoms with Crippen LogP contribution in [0.4, 0.5) is 0 Å². The summed E-state index contributed by atoms with van der Waals surface area (Å²) in [4.78, 5) is 0. The summed E-state index contributed by atoms with van der Waals surface area (Å²) < 4.78 is 5.54. The molecule has 16 heavy (non-hydrogen) atoms. The lowest BCUT2D eigenvalue weighted by Crippen LogP contribution is -2.28. The van der Waals surface area contributed by atoms with Crippen molar-refractivity contribution in [1.82, 2.24) is 10.6 Å². The minimum absolute atomic E-state index is 0.454. The first-order chi connectivity index (χ1) is 7.70. The van der Waals surface area contributed by atoms with Crippen molar-refractivity contribution < 1.29 is 4.74 Å². The zero-order chi connectivity index (χ0) is 11.8. The van der Waals surface area contributed by atoms with Crippen molar-refractivity contribution in [2.24, 2.45) is 5.92 Å². The molecule has 0 aliphatic carbocycles. The first-order valence-electron chi connectivity index (χ1n) is 6.76. The van der Waals surface area contributed by atoms with E-state index in [0.29, 0.717) is 12.1 Å². The fraction of sp³-hybridized carbons (Fsp3) is 1.00. The molecular formula is C13H28N2O. The highest BCUT2D eigenvalue weighted by atomic mass is 16.5. The molecule has 2 N–H and O–H groups in total. The van der Waals surface area contributed by atoms with Crippen LogP contribution in [-0.4, -0.2) is 38.4 Å². The SMILES string of the molecule is CC(C)NCCCCNCC1CCOC1C. The molecule has 0 aromatic heterocycles. The highest BCUT2D eigenvalue weighted by molar-refractivity contribution is 4.74. The van der Waals surface area contributed by atoms with Gasteiger partial charge in [0.25, 0.3) is 0 Å². The molecule has 2 atom stereocenters. The molecular weight excluding hydrogens is 200 g/mol. The Morgan fingerprint density at radius 3 is 2.62 bits per heavy atom. The van der Waals surface area contributed by atoms with Gasteiger partial charge in [0.15, 0.2) is 0 Å². The number of nitrogens with one attached hydrogen (secondary N) is 2. The maximum absolute atomic E-state index is 5.54. The Kier molecular flexibility index (Phi) is 7.01. The van der Waals surface area contributed by atoms with E-state index in [9.17, 15) is 0 Å². The summed E-state index contributed by atoms with van der Waals surface area (Å²) in [7, 11) is 0. The molecule has 3 heteroatoms. The zero-order valence-electron chi connectivity index (χ0n) is 11.1. The minimum atomic E-state index is 0.454. The smallest absolute Gasteiger partial charge is 0.0588 e. The van der Waals surface area contributed by atoms with E-state index in [-0.39, 0.29) is 0 Å². The first kappa shape index (κ1) is 13.9. The van der Waals surface area contributed by atoms with Crippen molar-refractivity contribution in [3.8, 4) is 0 Å². The number of unbranched alkanes of at least 4 members (excludes halogenated alkanes) is 1. The Morgan fingerprint density at radius 1 is 1.25 bits per heavy atom. The summed E-state index contributed by atoms with van der Waals surface area (Å²) >= 11 is 0. The third-order valence-electron chi connectivity index (χ3n) is 3.27. The van der Waals surface area contributed by atoms with Crippen molar-refractivity contribution in [3.05, 3.63) is 0 Å². The molecule has 3 nitrogen and oxygen atoms in total. The van der Waals surface area contributed by atoms with Crippen LogP contribution >= 0.6 is 0 Å². The second kappa shape index (κ2) is 8.04. The molecule has 2 unspecified atom stereocenters. The van der Waals surface area contributed by atoms with Crippen LogP contribution in [0.3, 0.4) is 0 Å². The Morgan fingerprint density at radius 2 is 2.00 bits per heavy atom. The van der Waals surface area contributed by atoms with Crippen molar-refractivity contribution in [1.29, 1.82) is 0 Å². The van der Waals surface area contributed by atoms with Crippen LogP contribution in [-0.2, 0) is 4.74 Å². The normalized spacial score (nSPS) is 25.5. The molecule has 1 aliphatic rings. The number of rotatable bonds is 8. The predicted octanol–water partition coefficient (Wildman–Crippen LogP) is 1.78. The van der Waals surface area contributed by atoms with Gasteiger partial charge in [-0.2, -0.15) is 0 Å². The zero-order valence-corrected chi connectivity index (χ0v) is 11.1. The van der Waals surface area contributed by atoms with Crippen molar-refractivity contribution in [2.75, 3.05) is 26.2 Å². The third kappa shape index (κ3) is 5.83. The average molecular weight is 228 g/mol. The first-order valence-corrected chi connectivity index (χ1v) is 6.76. The lowest BCUT2D eigenvalue weighted by atomic mass is 10.0. The quantitative estimate of drug-likeness (QED) is 0.621. The van der Waals surface area contributed by atoms with Crippen LogP contribution in [0.2, 0.25) is 0 Å². The molecule has 1 aliphatic heterocycles. The predicted molar refractivity (Wildman–Crippen MR) is 68.8 cm³/mol. The second-order valence-corrected chi connectivity index (χ2v) is 5.14. The van der Waals surface area contributed by atoms with Gasteiger partial charge in [-0.1, -0.05) is 13.8 Å². The summed E-state index contributed by atoms with van der Waals surface area (Å²) in [5, 5.41) is 6.97. The van der Waals surface area contributed by atoms with Gasteiger partial charge in [-0.15, -0.1) is 0 Å². The van der Waals surface area contributed by atoms with E-state index in [2.05, 4.69) is 31.4 Å². The van der Waals surface area contributed by atoms with Crippen LogP contribution in [0.5, 0.6) is 0 Å². The molecule has 1 fully saturated rings. The monoisotopic (exact) mass is 228 g/mol. The topological polar surface area (TPSA) is 33.3 Å². The summed E-state index contributed by atoms with van der Waals surface area (Å²) in [5.41, 5.74) is 0. The number of hydrogen-bond acceptors (Lipinski definition) is 3. The molecule has 0 bridgehead atoms. The molecule has 1 rings (SSSR count). The van der Waals surface area contributed by atoms with Crippen molar-refractivity contribution >= 4 is 0 Å². The van der Waals surface area contributed by atoms with Gasteiger partial charge >= 0.3 is 0 Å². The van der Waals surface area contributed by atoms with Crippen LogP contribution in [0.1, 0.15) is 40.0 Å². The van der Waals surface area contributed by atoms with E-state index in [1.54, 1.807) is 0 Å². The summed E-state index contributed by atoms with van der Waals surface area (Å²) in [6.07, 6.45) is 4.21. The van der Waals surface area contributed by atoms with Gasteiger partial charge in [0, 0.05) is 19.2 Å². The minimum Gasteiger partial charge on any atom is -0.378 e. The molecule has 96 valence electrons. The maximum atomic E-state index is 5.54. The van der Waals surface area contributed by atoms with Gasteiger partial charge in [-0.25, -0.2) is 0 Å². The Labute approximate surface area is 100 Å². The summed E-state index contributed by atoms with van der Waals surface area (Å²) in [6, 6.07) is 0.615. The average Bonchev–Trinajstić information content (AvgIpc) is 2.62. The van der Waals surface area contributed by atoms with E-state index in [4.69, 9.17) is 4.74 Å². The number of ether oxygens (including phenoxy) is 1. The van der Waals surface area contributed by atoms with Gasteiger partial charge in [0.05, 0.1) is 6.10 Å². The maximum Gasteiger partial charge on any atom is 0.0588 e. The molecule has 1 saturated heterocycles. The fourth-order valence-corrected chi connectivity index (χ4v) is 2.10. The molecule has 0 spiro atoms. The molecule has 0 radical (unpaired) electrons. The van der Waals surface area contributed by atoms with Gasteiger partial charge in [-0.05, 0) is 45.2 Å². The van der Waals surface area contributed by atoms with Crippen LogP contribution in [0.15, 0.2) is 0 Å². The second-order valence-electron chi connectivity index (χ2n) is 5.14. The lowest BCUT2D eigenvalue weighted by molar-refractivity contribution is 0.105. The van der Waals surface area contributed by atoms with E-state index in [1.165, 1.54) is 19.3 Å². The molecule has 0 aromatic rings. The summed E-state index contributed by atoms with van der Waals surface area (Å²) in [6.45, 7) is 10.9. The van der Waals surface area contributed by atoms with Gasteiger partial charge < -0.3 is 15.4 Å². The molecule has 0 aromatic carbocycles. The molecule has 0 amide bonds. The highest BCUT2D eigenvalue weighted by Crippen LogP contribution is 2.19. The van der Waals surface area contributed by atoms with Gasteiger partial charge in [0.1, 0.15) is 0 Å². The molecule has 0 saturated carbocycles. The van der Waals surface area contributed by atoms with E-state index >= 15 is 0 Å². The van der Waals surface area contributed by atoms with Gasteiger partial charge in [-0.3, -0.25) is 0 Å². The van der Waals surface area contributed by atoms with Crippen LogP contribution in [0, 0.1) is 5.92 Å². The summed E-state index contributed by atoms with van der Waals surface area (Å²) in [5.74, 6) is 0.730. The Balaban J connectivity index is 1.84. The third-order valence-corrected chi connectivity index (χ3v) is 3.27. The van der Waals surface area contributed by atoms with Gasteiger partial charge in [0.2, 0.25) is 0 Å². The van der Waals surface area contributed by atoms with Crippen molar-refractivity contribution in [2.45, 2.75) is 52.2 Å². The highest BCUT2D eigenvalue weighted by Gasteiger charge is 2.23. The van der Waals surface area contributed by atoms with E-state index < -0.39 is 0 Å². The Bertz CT molecular complexity index is 173. The van der Waals surface area contributed by atoms with Crippen molar-refractivity contribution in [3.63, 3.8) is 0 Å².